The zero-order chi connectivity index (χ0) is 12.2. The molecule has 3 fully saturated rings. The minimum atomic E-state index is 0.886. The Bertz CT molecular complexity index is 250. The highest BCUT2D eigenvalue weighted by Gasteiger charge is 2.28. The predicted octanol–water partition coefficient (Wildman–Crippen LogP) is 1.55. The van der Waals surface area contributed by atoms with Crippen molar-refractivity contribution in [2.45, 2.75) is 44.6 Å². The molecule has 0 radical (unpaired) electrons. The number of fused-ring (bicyclic) bond motifs is 1. The Balaban J connectivity index is 1.43. The molecule has 2 unspecified atom stereocenters. The van der Waals surface area contributed by atoms with Gasteiger partial charge in [0.2, 0.25) is 0 Å². The molecule has 0 bridgehead atoms. The van der Waals surface area contributed by atoms with Gasteiger partial charge in [-0.2, -0.15) is 0 Å². The summed E-state index contributed by atoms with van der Waals surface area (Å²) < 4.78 is 0. The van der Waals surface area contributed by atoms with Crippen LogP contribution in [0.4, 0.5) is 0 Å². The van der Waals surface area contributed by atoms with Crippen molar-refractivity contribution in [1.82, 2.24) is 15.1 Å². The molecule has 0 aromatic rings. The first-order valence-corrected chi connectivity index (χ1v) is 8.09. The van der Waals surface area contributed by atoms with E-state index in [1.54, 1.807) is 0 Å². The third kappa shape index (κ3) is 3.25. The molecule has 3 aliphatic rings. The van der Waals surface area contributed by atoms with Crippen molar-refractivity contribution in [3.05, 3.63) is 0 Å². The standard InChI is InChI=1S/C15H29N3/c1-4-14(12-16-7-1)6-11-17-8-3-10-18-9-2-5-15(18)13-17/h14-16H,1-13H2. The molecule has 1 N–H and O–H groups in total. The highest BCUT2D eigenvalue weighted by atomic mass is 15.3. The zero-order valence-electron chi connectivity index (χ0n) is 11.7. The van der Waals surface area contributed by atoms with Gasteiger partial charge in [0.25, 0.3) is 0 Å². The molecule has 3 heteroatoms. The molecular weight excluding hydrogens is 222 g/mol. The molecule has 3 saturated heterocycles. The van der Waals surface area contributed by atoms with E-state index in [0.717, 1.165) is 12.0 Å². The van der Waals surface area contributed by atoms with Gasteiger partial charge >= 0.3 is 0 Å². The SMILES string of the molecule is C1CNCC(CCN2CCCN3CCCC3C2)C1. The fraction of sp³-hybridized carbons (Fsp3) is 1.00. The summed E-state index contributed by atoms with van der Waals surface area (Å²) in [4.78, 5) is 5.49. The van der Waals surface area contributed by atoms with E-state index in [2.05, 4.69) is 15.1 Å². The highest BCUT2D eigenvalue weighted by molar-refractivity contribution is 4.85. The molecule has 3 rings (SSSR count). The van der Waals surface area contributed by atoms with Crippen LogP contribution in [0.25, 0.3) is 0 Å². The van der Waals surface area contributed by atoms with E-state index in [1.807, 2.05) is 0 Å². The van der Waals surface area contributed by atoms with Gasteiger partial charge in [0.15, 0.2) is 0 Å². The molecule has 0 aromatic heterocycles. The number of rotatable bonds is 3. The van der Waals surface area contributed by atoms with Crippen LogP contribution in [-0.4, -0.2) is 61.7 Å². The largest absolute Gasteiger partial charge is 0.316 e. The second-order valence-electron chi connectivity index (χ2n) is 6.49. The van der Waals surface area contributed by atoms with Crippen molar-refractivity contribution in [2.24, 2.45) is 5.92 Å². The van der Waals surface area contributed by atoms with Crippen LogP contribution in [0, 0.1) is 5.92 Å². The number of nitrogens with one attached hydrogen (secondary N) is 1. The third-order valence-corrected chi connectivity index (χ3v) is 5.14. The smallest absolute Gasteiger partial charge is 0.0223 e. The number of nitrogens with zero attached hydrogens (tertiary/aromatic N) is 2. The summed E-state index contributed by atoms with van der Waals surface area (Å²) in [5, 5.41) is 3.55. The van der Waals surface area contributed by atoms with Gasteiger partial charge in [-0.25, -0.2) is 0 Å². The average Bonchev–Trinajstić information content (AvgIpc) is 2.76. The first-order chi connectivity index (χ1) is 8.92. The minimum absolute atomic E-state index is 0.886. The summed E-state index contributed by atoms with van der Waals surface area (Å²) in [5.41, 5.74) is 0. The van der Waals surface area contributed by atoms with Crippen LogP contribution in [0.15, 0.2) is 0 Å². The summed E-state index contributed by atoms with van der Waals surface area (Å²) in [7, 11) is 0. The maximum Gasteiger partial charge on any atom is 0.0223 e. The molecule has 18 heavy (non-hydrogen) atoms. The zero-order valence-corrected chi connectivity index (χ0v) is 11.7. The normalized spacial score (nSPS) is 35.3. The van der Waals surface area contributed by atoms with Gasteiger partial charge in [0.1, 0.15) is 0 Å². The molecule has 0 aliphatic carbocycles. The third-order valence-electron chi connectivity index (χ3n) is 5.14. The summed E-state index contributed by atoms with van der Waals surface area (Å²) in [6.45, 7) is 9.27. The van der Waals surface area contributed by atoms with Gasteiger partial charge in [-0.05, 0) is 83.7 Å². The lowest BCUT2D eigenvalue weighted by molar-refractivity contribution is 0.205. The van der Waals surface area contributed by atoms with Crippen LogP contribution in [0.5, 0.6) is 0 Å². The molecule has 3 heterocycles. The first kappa shape index (κ1) is 12.9. The van der Waals surface area contributed by atoms with E-state index < -0.39 is 0 Å². The van der Waals surface area contributed by atoms with Gasteiger partial charge in [-0.3, -0.25) is 4.90 Å². The van der Waals surface area contributed by atoms with E-state index in [-0.39, 0.29) is 0 Å². The Morgan fingerprint density at radius 3 is 2.83 bits per heavy atom. The van der Waals surface area contributed by atoms with E-state index in [4.69, 9.17) is 0 Å². The van der Waals surface area contributed by atoms with Crippen LogP contribution in [0.3, 0.4) is 0 Å². The van der Waals surface area contributed by atoms with Crippen molar-refractivity contribution in [3.63, 3.8) is 0 Å². The predicted molar refractivity (Wildman–Crippen MR) is 75.9 cm³/mol. The number of hydrogen-bond acceptors (Lipinski definition) is 3. The van der Waals surface area contributed by atoms with Crippen molar-refractivity contribution < 1.29 is 0 Å². The maximum absolute atomic E-state index is 3.55. The lowest BCUT2D eigenvalue weighted by atomic mass is 9.96. The van der Waals surface area contributed by atoms with Gasteiger partial charge in [0.05, 0.1) is 0 Å². The maximum atomic E-state index is 3.55. The summed E-state index contributed by atoms with van der Waals surface area (Å²) in [5.74, 6) is 0.946. The first-order valence-electron chi connectivity index (χ1n) is 8.09. The fourth-order valence-electron chi connectivity index (χ4n) is 4.02. The van der Waals surface area contributed by atoms with Crippen LogP contribution >= 0.6 is 0 Å². The molecule has 2 atom stereocenters. The van der Waals surface area contributed by atoms with Gasteiger partial charge in [-0.15, -0.1) is 0 Å². The van der Waals surface area contributed by atoms with Crippen molar-refractivity contribution in [2.75, 3.05) is 45.8 Å². The topological polar surface area (TPSA) is 18.5 Å². The summed E-state index contributed by atoms with van der Waals surface area (Å²) in [6.07, 6.45) is 8.53. The number of hydrogen-bond donors (Lipinski definition) is 1. The minimum Gasteiger partial charge on any atom is -0.316 e. The molecule has 3 nitrogen and oxygen atoms in total. The van der Waals surface area contributed by atoms with Gasteiger partial charge in [-0.1, -0.05) is 0 Å². The molecule has 0 aromatic carbocycles. The van der Waals surface area contributed by atoms with E-state index in [1.165, 1.54) is 84.3 Å². The molecule has 3 aliphatic heterocycles. The quantitative estimate of drug-likeness (QED) is 0.821. The van der Waals surface area contributed by atoms with Crippen LogP contribution in [0.1, 0.15) is 38.5 Å². The number of piperidine rings is 1. The summed E-state index contributed by atoms with van der Waals surface area (Å²) in [6, 6.07) is 0.886. The van der Waals surface area contributed by atoms with Crippen LogP contribution in [0.2, 0.25) is 0 Å². The second-order valence-corrected chi connectivity index (χ2v) is 6.49. The van der Waals surface area contributed by atoms with Crippen molar-refractivity contribution >= 4 is 0 Å². The Hall–Kier alpha value is -0.120. The summed E-state index contributed by atoms with van der Waals surface area (Å²) >= 11 is 0. The second kappa shape index (κ2) is 6.36. The monoisotopic (exact) mass is 251 g/mol. The average molecular weight is 251 g/mol. The Labute approximate surface area is 112 Å². The molecule has 104 valence electrons. The Morgan fingerprint density at radius 2 is 1.94 bits per heavy atom. The highest BCUT2D eigenvalue weighted by Crippen LogP contribution is 2.22. The van der Waals surface area contributed by atoms with Crippen LogP contribution in [-0.2, 0) is 0 Å². The van der Waals surface area contributed by atoms with E-state index >= 15 is 0 Å². The van der Waals surface area contributed by atoms with E-state index in [0.29, 0.717) is 0 Å². The van der Waals surface area contributed by atoms with Crippen molar-refractivity contribution in [3.8, 4) is 0 Å². The molecule has 0 amide bonds. The fourth-order valence-corrected chi connectivity index (χ4v) is 4.02. The van der Waals surface area contributed by atoms with Crippen molar-refractivity contribution in [1.29, 1.82) is 0 Å². The van der Waals surface area contributed by atoms with Gasteiger partial charge in [0, 0.05) is 12.6 Å². The van der Waals surface area contributed by atoms with Crippen LogP contribution < -0.4 is 5.32 Å². The Morgan fingerprint density at radius 1 is 1.00 bits per heavy atom. The van der Waals surface area contributed by atoms with Gasteiger partial charge < -0.3 is 10.2 Å². The molecule has 0 saturated carbocycles. The lowest BCUT2D eigenvalue weighted by Crippen LogP contribution is -2.38. The molecule has 0 spiro atoms. The Kier molecular flexibility index (Phi) is 4.55. The van der Waals surface area contributed by atoms with E-state index in [9.17, 15) is 0 Å². The molecular formula is C15H29N3. The lowest BCUT2D eigenvalue weighted by Gasteiger charge is -2.28.